The Balaban J connectivity index is 2.45. The van der Waals surface area contributed by atoms with E-state index in [1.807, 2.05) is 0 Å². The maximum Gasteiger partial charge on any atom is 0.305 e. The average Bonchev–Trinajstić information content (AvgIpc) is 2.36. The van der Waals surface area contributed by atoms with E-state index in [2.05, 4.69) is 10.6 Å². The van der Waals surface area contributed by atoms with Gasteiger partial charge in [-0.25, -0.2) is 0 Å². The third kappa shape index (κ3) is 5.48. The largest absolute Gasteiger partial charge is 0.495 e. The average molecular weight is 287 g/mol. The second-order valence-electron chi connectivity index (χ2n) is 3.69. The van der Waals surface area contributed by atoms with Crippen LogP contribution in [0.15, 0.2) is 18.2 Å². The van der Waals surface area contributed by atoms with Crippen LogP contribution in [-0.2, 0) is 9.59 Å². The van der Waals surface area contributed by atoms with Gasteiger partial charge in [0.2, 0.25) is 5.91 Å². The summed E-state index contributed by atoms with van der Waals surface area (Å²) in [7, 11) is 1.52. The molecule has 1 amide bonds. The van der Waals surface area contributed by atoms with Crippen molar-refractivity contribution in [3.8, 4) is 5.75 Å². The Morgan fingerprint density at radius 2 is 2.16 bits per heavy atom. The number of amides is 1. The minimum atomic E-state index is -0.954. The van der Waals surface area contributed by atoms with Crippen LogP contribution < -0.4 is 15.4 Å². The molecule has 0 saturated heterocycles. The van der Waals surface area contributed by atoms with Gasteiger partial charge in [0.15, 0.2) is 0 Å². The fraction of sp³-hybridized carbons (Fsp3) is 0.333. The first-order valence-electron chi connectivity index (χ1n) is 5.59. The van der Waals surface area contributed by atoms with Crippen LogP contribution in [0.4, 0.5) is 5.69 Å². The molecule has 6 nitrogen and oxygen atoms in total. The van der Waals surface area contributed by atoms with Crippen LogP contribution in [0.25, 0.3) is 0 Å². The van der Waals surface area contributed by atoms with Gasteiger partial charge in [0, 0.05) is 11.6 Å². The Kier molecular flexibility index (Phi) is 5.95. The third-order valence-corrected chi connectivity index (χ3v) is 2.50. The molecule has 0 aromatic heterocycles. The molecule has 19 heavy (non-hydrogen) atoms. The molecule has 0 fully saturated rings. The van der Waals surface area contributed by atoms with E-state index in [1.54, 1.807) is 18.2 Å². The first-order valence-corrected chi connectivity index (χ1v) is 5.96. The van der Waals surface area contributed by atoms with E-state index < -0.39 is 5.97 Å². The van der Waals surface area contributed by atoms with Gasteiger partial charge < -0.3 is 20.5 Å². The van der Waals surface area contributed by atoms with Gasteiger partial charge in [-0.1, -0.05) is 11.6 Å². The molecular formula is C12H15ClN2O4. The number of carboxylic acid groups (broad SMARTS) is 1. The highest BCUT2D eigenvalue weighted by Gasteiger charge is 2.06. The minimum absolute atomic E-state index is 0.0102. The number of aliphatic carboxylic acids is 1. The van der Waals surface area contributed by atoms with Crippen LogP contribution in [-0.4, -0.2) is 37.2 Å². The second kappa shape index (κ2) is 7.48. The Labute approximate surface area is 115 Å². The standard InChI is InChI=1S/C12H15ClN2O4/c1-19-10-3-2-8(13)6-9(10)15-7-11(16)14-5-4-12(17)18/h2-3,6,15H,4-5,7H2,1H3,(H,14,16)(H,17,18). The number of nitrogens with one attached hydrogen (secondary N) is 2. The zero-order chi connectivity index (χ0) is 14.3. The summed E-state index contributed by atoms with van der Waals surface area (Å²) in [5.74, 6) is -0.684. The molecule has 104 valence electrons. The van der Waals surface area contributed by atoms with E-state index in [-0.39, 0.29) is 25.4 Å². The minimum Gasteiger partial charge on any atom is -0.495 e. The van der Waals surface area contributed by atoms with Crippen LogP contribution in [0.2, 0.25) is 5.02 Å². The van der Waals surface area contributed by atoms with Crippen molar-refractivity contribution in [1.82, 2.24) is 5.32 Å². The monoisotopic (exact) mass is 286 g/mol. The van der Waals surface area contributed by atoms with Gasteiger partial charge >= 0.3 is 5.97 Å². The van der Waals surface area contributed by atoms with Gasteiger partial charge in [-0.05, 0) is 18.2 Å². The molecule has 3 N–H and O–H groups in total. The zero-order valence-corrected chi connectivity index (χ0v) is 11.2. The number of hydrogen-bond acceptors (Lipinski definition) is 4. The molecule has 0 radical (unpaired) electrons. The number of rotatable bonds is 7. The quantitative estimate of drug-likeness (QED) is 0.704. The molecule has 1 aromatic rings. The lowest BCUT2D eigenvalue weighted by molar-refractivity contribution is -0.136. The molecule has 0 bridgehead atoms. The predicted molar refractivity (Wildman–Crippen MR) is 71.8 cm³/mol. The van der Waals surface area contributed by atoms with E-state index in [0.717, 1.165) is 0 Å². The summed E-state index contributed by atoms with van der Waals surface area (Å²) in [6.07, 6.45) is -0.105. The first kappa shape index (κ1) is 15.1. The van der Waals surface area contributed by atoms with E-state index in [0.29, 0.717) is 16.5 Å². The molecule has 7 heteroatoms. The van der Waals surface area contributed by atoms with Gasteiger partial charge in [0.1, 0.15) is 5.75 Å². The molecule has 0 atom stereocenters. The Hall–Kier alpha value is -1.95. The highest BCUT2D eigenvalue weighted by atomic mass is 35.5. The maximum atomic E-state index is 11.4. The predicted octanol–water partition coefficient (Wildman–Crippen LogP) is 1.35. The van der Waals surface area contributed by atoms with Gasteiger partial charge in [0.25, 0.3) is 0 Å². The van der Waals surface area contributed by atoms with Crippen LogP contribution in [0.1, 0.15) is 6.42 Å². The maximum absolute atomic E-state index is 11.4. The summed E-state index contributed by atoms with van der Waals surface area (Å²) in [4.78, 5) is 21.7. The third-order valence-electron chi connectivity index (χ3n) is 2.26. The number of carboxylic acids is 1. The van der Waals surface area contributed by atoms with E-state index in [1.165, 1.54) is 7.11 Å². The van der Waals surface area contributed by atoms with Crippen LogP contribution in [0.3, 0.4) is 0 Å². The summed E-state index contributed by atoms with van der Waals surface area (Å²) in [6, 6.07) is 5.01. The fourth-order valence-corrected chi connectivity index (χ4v) is 1.54. The van der Waals surface area contributed by atoms with Crippen molar-refractivity contribution in [2.75, 3.05) is 25.5 Å². The van der Waals surface area contributed by atoms with Crippen LogP contribution in [0.5, 0.6) is 5.75 Å². The van der Waals surface area contributed by atoms with Crippen molar-refractivity contribution in [3.05, 3.63) is 23.2 Å². The molecule has 1 rings (SSSR count). The van der Waals surface area contributed by atoms with Gasteiger partial charge in [-0.15, -0.1) is 0 Å². The number of ether oxygens (including phenoxy) is 1. The van der Waals surface area contributed by atoms with Gasteiger partial charge in [-0.3, -0.25) is 9.59 Å². The van der Waals surface area contributed by atoms with Crippen LogP contribution in [0, 0.1) is 0 Å². The molecule has 0 unspecified atom stereocenters. The van der Waals surface area contributed by atoms with Crippen molar-refractivity contribution >= 4 is 29.2 Å². The molecule has 1 aromatic carbocycles. The number of methoxy groups -OCH3 is 1. The summed E-state index contributed by atoms with van der Waals surface area (Å²) in [5, 5.41) is 14.3. The lowest BCUT2D eigenvalue weighted by Crippen LogP contribution is -2.31. The van der Waals surface area contributed by atoms with E-state index in [9.17, 15) is 9.59 Å². The molecule has 0 saturated carbocycles. The zero-order valence-electron chi connectivity index (χ0n) is 10.4. The van der Waals surface area contributed by atoms with Crippen molar-refractivity contribution in [1.29, 1.82) is 0 Å². The lowest BCUT2D eigenvalue weighted by Gasteiger charge is -2.11. The molecule has 0 aliphatic carbocycles. The highest BCUT2D eigenvalue weighted by Crippen LogP contribution is 2.27. The topological polar surface area (TPSA) is 87.7 Å². The number of benzene rings is 1. The number of carbonyl (C=O) groups excluding carboxylic acids is 1. The molecule has 0 aliphatic rings. The summed E-state index contributed by atoms with van der Waals surface area (Å²) in [6.45, 7) is 0.110. The molecule has 0 heterocycles. The van der Waals surface area contributed by atoms with E-state index in [4.69, 9.17) is 21.4 Å². The smallest absolute Gasteiger partial charge is 0.305 e. The molecule has 0 aliphatic heterocycles. The first-order chi connectivity index (χ1) is 9.02. The Morgan fingerprint density at radius 1 is 1.42 bits per heavy atom. The van der Waals surface area contributed by atoms with Gasteiger partial charge in [-0.2, -0.15) is 0 Å². The fourth-order valence-electron chi connectivity index (χ4n) is 1.37. The summed E-state index contributed by atoms with van der Waals surface area (Å²) >= 11 is 5.85. The molecule has 0 spiro atoms. The Bertz CT molecular complexity index is 465. The number of anilines is 1. The summed E-state index contributed by atoms with van der Waals surface area (Å²) in [5.41, 5.74) is 0.600. The molecular weight excluding hydrogens is 272 g/mol. The highest BCUT2D eigenvalue weighted by molar-refractivity contribution is 6.30. The van der Waals surface area contributed by atoms with Gasteiger partial charge in [0.05, 0.1) is 25.8 Å². The van der Waals surface area contributed by atoms with Crippen LogP contribution >= 0.6 is 11.6 Å². The van der Waals surface area contributed by atoms with Crippen molar-refractivity contribution in [3.63, 3.8) is 0 Å². The SMILES string of the molecule is COc1ccc(Cl)cc1NCC(=O)NCCC(=O)O. The van der Waals surface area contributed by atoms with Crippen molar-refractivity contribution in [2.24, 2.45) is 0 Å². The Morgan fingerprint density at radius 3 is 2.79 bits per heavy atom. The number of hydrogen-bond donors (Lipinski definition) is 3. The number of halogens is 1. The normalized spacial score (nSPS) is 9.79. The van der Waals surface area contributed by atoms with E-state index >= 15 is 0 Å². The van der Waals surface area contributed by atoms with Crippen molar-refractivity contribution in [2.45, 2.75) is 6.42 Å². The second-order valence-corrected chi connectivity index (χ2v) is 4.13. The lowest BCUT2D eigenvalue weighted by atomic mass is 10.3. The summed E-state index contributed by atoms with van der Waals surface area (Å²) < 4.78 is 5.11. The van der Waals surface area contributed by atoms with Crippen molar-refractivity contribution < 1.29 is 19.4 Å². The number of carbonyl (C=O) groups is 2.